The first-order valence-corrected chi connectivity index (χ1v) is 9.72. The Morgan fingerprint density at radius 2 is 1.93 bits per heavy atom. The number of anilines is 1. The maximum absolute atomic E-state index is 14.1. The number of ether oxygens (including phenoxy) is 1. The molecule has 1 heterocycles. The van der Waals surface area contributed by atoms with Crippen molar-refractivity contribution in [3.63, 3.8) is 0 Å². The molecule has 5 rings (SSSR count). The molecule has 0 aliphatic heterocycles. The number of methoxy groups -OCH3 is 1. The molecule has 148 valence electrons. The Morgan fingerprint density at radius 1 is 1.21 bits per heavy atom. The van der Waals surface area contributed by atoms with Gasteiger partial charge in [-0.25, -0.2) is 14.4 Å². The fourth-order valence-electron chi connectivity index (χ4n) is 4.65. The van der Waals surface area contributed by atoms with E-state index in [2.05, 4.69) is 15.3 Å². The zero-order valence-electron chi connectivity index (χ0n) is 15.4. The SMILES string of the molecule is COc1ccc(-c2cc(NC3C4CCC(CC4)C3C(=O)O)nc(Cl)n2)cc1F. The monoisotopic (exact) mass is 405 g/mol. The standard InChI is InChI=1S/C20H21ClFN3O3/c1-28-15-7-6-12(8-13(15)22)14-9-16(25-20(21)23-14)24-18-11-4-2-10(3-5-11)17(18)19(26)27/h6-11,17-18H,2-5H2,1H3,(H,26,27)(H,23,24,25). The van der Waals surface area contributed by atoms with Crippen molar-refractivity contribution in [3.05, 3.63) is 35.4 Å². The predicted molar refractivity (Wildman–Crippen MR) is 103 cm³/mol. The molecule has 0 spiro atoms. The summed E-state index contributed by atoms with van der Waals surface area (Å²) in [7, 11) is 1.40. The Balaban J connectivity index is 1.64. The summed E-state index contributed by atoms with van der Waals surface area (Å²) in [6.45, 7) is 0. The second-order valence-corrected chi connectivity index (χ2v) is 7.80. The van der Waals surface area contributed by atoms with Crippen molar-refractivity contribution in [1.82, 2.24) is 9.97 Å². The van der Waals surface area contributed by atoms with Crippen LogP contribution in [-0.2, 0) is 4.79 Å². The van der Waals surface area contributed by atoms with E-state index in [-0.39, 0.29) is 23.0 Å². The highest BCUT2D eigenvalue weighted by Gasteiger charge is 2.47. The van der Waals surface area contributed by atoms with E-state index in [1.165, 1.54) is 19.2 Å². The van der Waals surface area contributed by atoms with Crippen molar-refractivity contribution < 1.29 is 19.0 Å². The fraction of sp³-hybridized carbons (Fsp3) is 0.450. The van der Waals surface area contributed by atoms with E-state index in [0.29, 0.717) is 23.0 Å². The number of carboxylic acid groups (broad SMARTS) is 1. The molecule has 2 bridgehead atoms. The average molecular weight is 406 g/mol. The summed E-state index contributed by atoms with van der Waals surface area (Å²) in [5.41, 5.74) is 0.988. The Bertz CT molecular complexity index is 902. The zero-order chi connectivity index (χ0) is 19.8. The van der Waals surface area contributed by atoms with Gasteiger partial charge in [0.2, 0.25) is 5.28 Å². The average Bonchev–Trinajstić information content (AvgIpc) is 2.68. The van der Waals surface area contributed by atoms with Gasteiger partial charge in [0.15, 0.2) is 11.6 Å². The lowest BCUT2D eigenvalue weighted by atomic mass is 9.61. The molecule has 0 radical (unpaired) electrons. The van der Waals surface area contributed by atoms with Crippen molar-refractivity contribution in [1.29, 1.82) is 0 Å². The first kappa shape index (κ1) is 18.9. The molecule has 8 heteroatoms. The molecule has 1 aromatic heterocycles. The molecule has 3 aliphatic carbocycles. The Hall–Kier alpha value is -2.41. The lowest BCUT2D eigenvalue weighted by Crippen LogP contribution is -2.51. The number of aliphatic carboxylic acids is 1. The van der Waals surface area contributed by atoms with Crippen LogP contribution < -0.4 is 10.1 Å². The van der Waals surface area contributed by atoms with Crippen molar-refractivity contribution in [3.8, 4) is 17.0 Å². The Labute approximate surface area is 167 Å². The van der Waals surface area contributed by atoms with Crippen LogP contribution in [0.25, 0.3) is 11.3 Å². The summed E-state index contributed by atoms with van der Waals surface area (Å²) < 4.78 is 19.0. The quantitative estimate of drug-likeness (QED) is 0.723. The van der Waals surface area contributed by atoms with Gasteiger partial charge in [-0.05, 0) is 67.3 Å². The first-order chi connectivity index (χ1) is 13.5. The van der Waals surface area contributed by atoms with Crippen LogP contribution in [0, 0.1) is 23.6 Å². The van der Waals surface area contributed by atoms with E-state index >= 15 is 0 Å². The van der Waals surface area contributed by atoms with Gasteiger partial charge < -0.3 is 15.2 Å². The van der Waals surface area contributed by atoms with Gasteiger partial charge in [0.05, 0.1) is 18.7 Å². The minimum atomic E-state index is -0.774. The molecule has 6 nitrogen and oxygen atoms in total. The number of nitrogens with one attached hydrogen (secondary N) is 1. The number of nitrogens with zero attached hydrogens (tertiary/aromatic N) is 2. The lowest BCUT2D eigenvalue weighted by Gasteiger charge is -2.47. The van der Waals surface area contributed by atoms with Gasteiger partial charge in [0.1, 0.15) is 5.82 Å². The van der Waals surface area contributed by atoms with E-state index in [1.807, 2.05) is 0 Å². The van der Waals surface area contributed by atoms with E-state index in [1.54, 1.807) is 12.1 Å². The van der Waals surface area contributed by atoms with Crippen LogP contribution >= 0.6 is 11.6 Å². The van der Waals surface area contributed by atoms with Gasteiger partial charge in [-0.2, -0.15) is 0 Å². The topological polar surface area (TPSA) is 84.3 Å². The van der Waals surface area contributed by atoms with E-state index < -0.39 is 17.7 Å². The van der Waals surface area contributed by atoms with Crippen LogP contribution in [0.1, 0.15) is 25.7 Å². The van der Waals surface area contributed by atoms with Crippen LogP contribution in [-0.4, -0.2) is 34.2 Å². The second-order valence-electron chi connectivity index (χ2n) is 7.47. The van der Waals surface area contributed by atoms with E-state index in [4.69, 9.17) is 16.3 Å². The molecular formula is C20H21ClFN3O3. The molecule has 2 N–H and O–H groups in total. The number of hydrogen-bond donors (Lipinski definition) is 2. The summed E-state index contributed by atoms with van der Waals surface area (Å²) in [5.74, 6) is -0.638. The van der Waals surface area contributed by atoms with Gasteiger partial charge in [-0.3, -0.25) is 4.79 Å². The molecule has 1 aromatic carbocycles. The highest BCUT2D eigenvalue weighted by Crippen LogP contribution is 2.46. The number of benzene rings is 1. The smallest absolute Gasteiger partial charge is 0.308 e. The molecule has 0 saturated heterocycles. The van der Waals surface area contributed by atoms with Gasteiger partial charge in [0.25, 0.3) is 0 Å². The largest absolute Gasteiger partial charge is 0.494 e. The fourth-order valence-corrected chi connectivity index (χ4v) is 4.83. The second kappa shape index (κ2) is 7.54. The molecule has 2 aromatic rings. The van der Waals surface area contributed by atoms with Crippen molar-refractivity contribution in [2.45, 2.75) is 31.7 Å². The summed E-state index contributed by atoms with van der Waals surface area (Å²) >= 11 is 6.10. The van der Waals surface area contributed by atoms with Crippen LogP contribution in [0.3, 0.4) is 0 Å². The number of fused-ring (bicyclic) bond motifs is 3. The maximum Gasteiger partial charge on any atom is 0.308 e. The normalized spacial score (nSPS) is 26.1. The summed E-state index contributed by atoms with van der Waals surface area (Å²) in [4.78, 5) is 20.3. The van der Waals surface area contributed by atoms with Crippen molar-refractivity contribution in [2.75, 3.05) is 12.4 Å². The number of halogens is 2. The third-order valence-electron chi connectivity index (χ3n) is 5.97. The minimum Gasteiger partial charge on any atom is -0.494 e. The van der Waals surface area contributed by atoms with E-state index in [0.717, 1.165) is 25.7 Å². The van der Waals surface area contributed by atoms with Crippen molar-refractivity contribution >= 4 is 23.4 Å². The molecule has 2 atom stereocenters. The molecule has 3 aliphatic rings. The molecule has 3 saturated carbocycles. The Morgan fingerprint density at radius 3 is 2.57 bits per heavy atom. The van der Waals surface area contributed by atoms with Gasteiger partial charge >= 0.3 is 5.97 Å². The Kier molecular flexibility index (Phi) is 5.10. The third-order valence-corrected chi connectivity index (χ3v) is 6.13. The van der Waals surface area contributed by atoms with E-state index in [9.17, 15) is 14.3 Å². The van der Waals surface area contributed by atoms with Gasteiger partial charge in [-0.1, -0.05) is 0 Å². The maximum atomic E-state index is 14.1. The minimum absolute atomic E-state index is 0.0177. The molecule has 2 unspecified atom stereocenters. The first-order valence-electron chi connectivity index (χ1n) is 9.34. The molecule has 3 fully saturated rings. The number of hydrogen-bond acceptors (Lipinski definition) is 5. The highest BCUT2D eigenvalue weighted by molar-refractivity contribution is 6.28. The molecular weight excluding hydrogens is 385 g/mol. The van der Waals surface area contributed by atoms with Crippen LogP contribution in [0.4, 0.5) is 10.2 Å². The predicted octanol–water partition coefficient (Wildman–Crippen LogP) is 4.25. The van der Waals surface area contributed by atoms with Crippen molar-refractivity contribution in [2.24, 2.45) is 17.8 Å². The van der Waals surface area contributed by atoms with Crippen LogP contribution in [0.15, 0.2) is 24.3 Å². The van der Waals surface area contributed by atoms with Gasteiger partial charge in [-0.15, -0.1) is 0 Å². The number of carbonyl (C=O) groups is 1. The number of aromatic nitrogens is 2. The summed E-state index contributed by atoms with van der Waals surface area (Å²) in [6.07, 6.45) is 3.95. The summed E-state index contributed by atoms with van der Waals surface area (Å²) in [6, 6.07) is 6.01. The van der Waals surface area contributed by atoms with Crippen LogP contribution in [0.5, 0.6) is 5.75 Å². The number of rotatable bonds is 5. The highest BCUT2D eigenvalue weighted by atomic mass is 35.5. The number of carboxylic acids is 1. The molecule has 0 amide bonds. The van der Waals surface area contributed by atoms with Crippen LogP contribution in [0.2, 0.25) is 5.28 Å². The zero-order valence-corrected chi connectivity index (χ0v) is 16.1. The molecule has 28 heavy (non-hydrogen) atoms. The third kappa shape index (κ3) is 3.51. The van der Waals surface area contributed by atoms with Gasteiger partial charge in [0, 0.05) is 17.7 Å². The summed E-state index contributed by atoms with van der Waals surface area (Å²) in [5, 5.41) is 13.0. The lowest BCUT2D eigenvalue weighted by molar-refractivity contribution is -0.148.